The maximum absolute atomic E-state index is 13.2. The molecule has 0 aliphatic carbocycles. The van der Waals surface area contributed by atoms with Crippen molar-refractivity contribution in [2.24, 2.45) is 0 Å². The van der Waals surface area contributed by atoms with Crippen LogP contribution in [0.15, 0.2) is 58.7 Å². The number of pyridine rings is 1. The third-order valence-electron chi connectivity index (χ3n) is 4.26. The Balaban J connectivity index is 1.63. The first-order valence-electron chi connectivity index (χ1n) is 8.45. The van der Waals surface area contributed by atoms with E-state index in [-0.39, 0.29) is 17.8 Å². The number of nitrogens with one attached hydrogen (secondary N) is 1. The standard InChI is InChI=1S/C19H16FN5O2S/c1-11(17-10-22-19(27-17)28-2)24-18(26)15-7-21-9-16-14(15)8-23-25(16)13-5-3-12(20)4-6-13/h3-11H,1-2H3,(H,24,26)/t11-/m0/s1. The summed E-state index contributed by atoms with van der Waals surface area (Å²) in [5.41, 5.74) is 1.72. The summed E-state index contributed by atoms with van der Waals surface area (Å²) in [6.07, 6.45) is 8.17. The van der Waals surface area contributed by atoms with Gasteiger partial charge in [0.25, 0.3) is 11.1 Å². The molecule has 4 aromatic rings. The van der Waals surface area contributed by atoms with Gasteiger partial charge >= 0.3 is 0 Å². The fourth-order valence-corrected chi connectivity index (χ4v) is 3.16. The van der Waals surface area contributed by atoms with Crippen LogP contribution in [0.1, 0.15) is 29.1 Å². The van der Waals surface area contributed by atoms with Gasteiger partial charge in [-0.25, -0.2) is 14.1 Å². The number of nitrogens with zero attached hydrogens (tertiary/aromatic N) is 4. The van der Waals surface area contributed by atoms with Crippen LogP contribution in [0.3, 0.4) is 0 Å². The van der Waals surface area contributed by atoms with Gasteiger partial charge in [0.15, 0.2) is 0 Å². The lowest BCUT2D eigenvalue weighted by Gasteiger charge is -2.11. The number of rotatable bonds is 5. The number of aromatic nitrogens is 4. The molecule has 1 atom stereocenters. The van der Waals surface area contributed by atoms with E-state index in [1.165, 1.54) is 30.1 Å². The van der Waals surface area contributed by atoms with E-state index in [1.54, 1.807) is 35.4 Å². The summed E-state index contributed by atoms with van der Waals surface area (Å²) in [7, 11) is 0. The smallest absolute Gasteiger partial charge is 0.255 e. The minimum Gasteiger partial charge on any atom is -0.434 e. The number of hydrogen-bond acceptors (Lipinski definition) is 6. The summed E-state index contributed by atoms with van der Waals surface area (Å²) in [6.45, 7) is 1.82. The molecule has 1 N–H and O–H groups in total. The zero-order valence-corrected chi connectivity index (χ0v) is 15.9. The molecule has 1 amide bonds. The lowest BCUT2D eigenvalue weighted by molar-refractivity contribution is 0.0936. The van der Waals surface area contributed by atoms with Gasteiger partial charge in [0, 0.05) is 11.6 Å². The Kier molecular flexibility index (Phi) is 4.82. The Morgan fingerprint density at radius 2 is 2.00 bits per heavy atom. The quantitative estimate of drug-likeness (QED) is 0.516. The molecule has 0 spiro atoms. The number of amides is 1. The summed E-state index contributed by atoms with van der Waals surface area (Å²) in [6, 6.07) is 5.58. The summed E-state index contributed by atoms with van der Waals surface area (Å²) in [4.78, 5) is 21.1. The molecule has 9 heteroatoms. The van der Waals surface area contributed by atoms with Crippen LogP contribution >= 0.6 is 11.8 Å². The molecule has 0 aliphatic heterocycles. The number of benzene rings is 1. The lowest BCUT2D eigenvalue weighted by Crippen LogP contribution is -2.26. The Morgan fingerprint density at radius 1 is 1.21 bits per heavy atom. The van der Waals surface area contributed by atoms with Crippen molar-refractivity contribution >= 4 is 28.6 Å². The van der Waals surface area contributed by atoms with Gasteiger partial charge in [-0.05, 0) is 37.4 Å². The van der Waals surface area contributed by atoms with Crippen molar-refractivity contribution in [3.63, 3.8) is 0 Å². The molecular weight excluding hydrogens is 381 g/mol. The molecule has 0 bridgehead atoms. The number of halogens is 1. The maximum Gasteiger partial charge on any atom is 0.255 e. The van der Waals surface area contributed by atoms with Crippen LogP contribution in [0.25, 0.3) is 16.6 Å². The first-order valence-corrected chi connectivity index (χ1v) is 9.67. The van der Waals surface area contributed by atoms with Crippen molar-refractivity contribution in [1.29, 1.82) is 0 Å². The van der Waals surface area contributed by atoms with Crippen LogP contribution < -0.4 is 5.32 Å². The van der Waals surface area contributed by atoms with E-state index < -0.39 is 0 Å². The minimum atomic E-state index is -0.358. The summed E-state index contributed by atoms with van der Waals surface area (Å²) < 4.78 is 20.4. The van der Waals surface area contributed by atoms with E-state index >= 15 is 0 Å². The van der Waals surface area contributed by atoms with Crippen molar-refractivity contribution < 1.29 is 13.6 Å². The third kappa shape index (κ3) is 3.36. The number of fused-ring (bicyclic) bond motifs is 1. The summed E-state index contributed by atoms with van der Waals surface area (Å²) in [5.74, 6) is -0.0596. The van der Waals surface area contributed by atoms with Crippen LogP contribution in [0.5, 0.6) is 0 Å². The van der Waals surface area contributed by atoms with E-state index in [0.717, 1.165) is 0 Å². The molecule has 3 aromatic heterocycles. The van der Waals surface area contributed by atoms with Gasteiger partial charge in [-0.2, -0.15) is 5.10 Å². The van der Waals surface area contributed by atoms with Gasteiger partial charge in [-0.1, -0.05) is 11.8 Å². The number of hydrogen-bond donors (Lipinski definition) is 1. The maximum atomic E-state index is 13.2. The lowest BCUT2D eigenvalue weighted by atomic mass is 10.1. The second kappa shape index (κ2) is 7.43. The monoisotopic (exact) mass is 397 g/mol. The second-order valence-electron chi connectivity index (χ2n) is 6.08. The summed E-state index contributed by atoms with van der Waals surface area (Å²) >= 11 is 1.39. The van der Waals surface area contributed by atoms with Crippen molar-refractivity contribution in [2.45, 2.75) is 18.2 Å². The Labute approximate surface area is 164 Å². The highest BCUT2D eigenvalue weighted by Gasteiger charge is 2.19. The fraction of sp³-hybridized carbons (Fsp3) is 0.158. The van der Waals surface area contributed by atoms with E-state index in [9.17, 15) is 9.18 Å². The molecule has 0 unspecified atom stereocenters. The molecule has 28 heavy (non-hydrogen) atoms. The molecule has 1 aromatic carbocycles. The molecule has 7 nitrogen and oxygen atoms in total. The highest BCUT2D eigenvalue weighted by molar-refractivity contribution is 7.98. The second-order valence-corrected chi connectivity index (χ2v) is 6.84. The fourth-order valence-electron chi connectivity index (χ4n) is 2.82. The van der Waals surface area contributed by atoms with Crippen LogP contribution in [0.4, 0.5) is 4.39 Å². The van der Waals surface area contributed by atoms with Gasteiger partial charge in [0.05, 0.1) is 41.4 Å². The van der Waals surface area contributed by atoms with Crippen LogP contribution in [0, 0.1) is 5.82 Å². The predicted molar refractivity (Wildman–Crippen MR) is 103 cm³/mol. The summed E-state index contributed by atoms with van der Waals surface area (Å²) in [5, 5.41) is 8.41. The normalized spacial score (nSPS) is 12.2. The molecule has 4 rings (SSSR count). The molecule has 3 heterocycles. The predicted octanol–water partition coefficient (Wildman–Crippen LogP) is 3.76. The zero-order chi connectivity index (χ0) is 19.7. The first kappa shape index (κ1) is 18.2. The van der Waals surface area contributed by atoms with Crippen LogP contribution in [-0.2, 0) is 0 Å². The molecule has 142 valence electrons. The van der Waals surface area contributed by atoms with E-state index in [2.05, 4.69) is 20.4 Å². The van der Waals surface area contributed by atoms with E-state index in [0.29, 0.717) is 33.1 Å². The van der Waals surface area contributed by atoms with Gasteiger partial charge in [-0.3, -0.25) is 9.78 Å². The van der Waals surface area contributed by atoms with Gasteiger partial charge in [-0.15, -0.1) is 0 Å². The number of oxazole rings is 1. The van der Waals surface area contributed by atoms with Crippen molar-refractivity contribution in [3.8, 4) is 5.69 Å². The molecule has 0 radical (unpaired) electrons. The topological polar surface area (TPSA) is 85.8 Å². The largest absolute Gasteiger partial charge is 0.434 e. The number of carbonyl (C=O) groups is 1. The SMILES string of the molecule is CSc1ncc([C@H](C)NC(=O)c2cncc3c2cnn3-c2ccc(F)cc2)o1. The number of carbonyl (C=O) groups excluding carboxylic acids is 1. The highest BCUT2D eigenvalue weighted by atomic mass is 32.2. The average Bonchev–Trinajstić information content (AvgIpc) is 3.35. The molecular formula is C19H16FN5O2S. The zero-order valence-electron chi connectivity index (χ0n) is 15.1. The first-order chi connectivity index (χ1) is 13.6. The number of thioether (sulfide) groups is 1. The molecule has 0 saturated heterocycles. The van der Waals surface area contributed by atoms with E-state index in [1.807, 2.05) is 13.2 Å². The molecule has 0 fully saturated rings. The van der Waals surface area contributed by atoms with Crippen molar-refractivity contribution in [1.82, 2.24) is 25.1 Å². The van der Waals surface area contributed by atoms with Gasteiger partial charge < -0.3 is 9.73 Å². The van der Waals surface area contributed by atoms with Gasteiger partial charge in [0.2, 0.25) is 0 Å². The van der Waals surface area contributed by atoms with Crippen molar-refractivity contribution in [2.75, 3.05) is 6.26 Å². The van der Waals surface area contributed by atoms with Crippen molar-refractivity contribution in [3.05, 3.63) is 66.2 Å². The Morgan fingerprint density at radius 3 is 2.71 bits per heavy atom. The van der Waals surface area contributed by atoms with E-state index in [4.69, 9.17) is 4.42 Å². The van der Waals surface area contributed by atoms with Crippen LogP contribution in [-0.4, -0.2) is 31.9 Å². The average molecular weight is 397 g/mol. The minimum absolute atomic E-state index is 0.300. The Hall–Kier alpha value is -3.20. The third-order valence-corrected chi connectivity index (χ3v) is 4.80. The molecule has 0 saturated carbocycles. The van der Waals surface area contributed by atoms with Crippen LogP contribution in [0.2, 0.25) is 0 Å². The molecule has 0 aliphatic rings. The highest BCUT2D eigenvalue weighted by Crippen LogP contribution is 2.23. The Bertz CT molecular complexity index is 1140. The van der Waals surface area contributed by atoms with Gasteiger partial charge in [0.1, 0.15) is 11.6 Å².